The number of hydrogen-bond acceptors (Lipinski definition) is 3. The number of halogens is 2. The molecule has 28 heavy (non-hydrogen) atoms. The summed E-state index contributed by atoms with van der Waals surface area (Å²) in [5.41, 5.74) is 2.77. The molecule has 0 amide bonds. The van der Waals surface area contributed by atoms with Crippen molar-refractivity contribution < 1.29 is 9.13 Å². The first-order chi connectivity index (χ1) is 13.6. The molecular weight excluding hydrogens is 377 g/mol. The maximum absolute atomic E-state index is 13.8. The van der Waals surface area contributed by atoms with E-state index < -0.39 is 0 Å². The van der Waals surface area contributed by atoms with Gasteiger partial charge in [-0.3, -0.25) is 4.90 Å². The van der Waals surface area contributed by atoms with Crippen molar-refractivity contribution in [2.24, 2.45) is 0 Å². The van der Waals surface area contributed by atoms with Gasteiger partial charge in [-0.05, 0) is 68.4 Å². The van der Waals surface area contributed by atoms with Crippen LogP contribution in [-0.2, 0) is 13.0 Å². The normalized spacial score (nSPS) is 14.5. The standard InChI is InChI=1S/C22H23ClFN3O/c1-28-21-9-6-18(24)12-16(21)13-22-25-19(14-26-10-2-3-11-26)15-27(22)20-7-4-17(23)5-8-20/h4-9,12,15H,2-3,10-11,13-14H2,1H3. The zero-order valence-electron chi connectivity index (χ0n) is 15.9. The SMILES string of the molecule is COc1ccc(F)cc1Cc1nc(CN2CCCC2)cn1-c1ccc(Cl)cc1. The Labute approximate surface area is 169 Å². The summed E-state index contributed by atoms with van der Waals surface area (Å²) in [6.45, 7) is 3.05. The zero-order chi connectivity index (χ0) is 19.5. The Morgan fingerprint density at radius 1 is 1.11 bits per heavy atom. The molecule has 1 saturated heterocycles. The zero-order valence-corrected chi connectivity index (χ0v) is 16.6. The fraction of sp³-hybridized carbons (Fsp3) is 0.318. The first-order valence-corrected chi connectivity index (χ1v) is 9.88. The highest BCUT2D eigenvalue weighted by Gasteiger charge is 2.17. The van der Waals surface area contributed by atoms with Crippen LogP contribution >= 0.6 is 11.6 Å². The molecule has 1 aliphatic heterocycles. The van der Waals surface area contributed by atoms with E-state index in [2.05, 4.69) is 15.7 Å². The van der Waals surface area contributed by atoms with Gasteiger partial charge in [0.1, 0.15) is 17.4 Å². The van der Waals surface area contributed by atoms with Gasteiger partial charge in [0.15, 0.2) is 0 Å². The molecule has 2 aromatic carbocycles. The van der Waals surface area contributed by atoms with E-state index in [1.807, 2.05) is 24.3 Å². The summed E-state index contributed by atoms with van der Waals surface area (Å²) in [6, 6.07) is 12.2. The highest BCUT2D eigenvalue weighted by molar-refractivity contribution is 6.30. The third kappa shape index (κ3) is 4.21. The van der Waals surface area contributed by atoms with Crippen LogP contribution in [0, 0.1) is 5.82 Å². The molecular formula is C22H23ClFN3O. The van der Waals surface area contributed by atoms with Crippen molar-refractivity contribution in [2.75, 3.05) is 20.2 Å². The number of imidazole rings is 1. The fourth-order valence-electron chi connectivity index (χ4n) is 3.72. The molecule has 0 bridgehead atoms. The maximum Gasteiger partial charge on any atom is 0.123 e. The second kappa shape index (κ2) is 8.33. The Balaban J connectivity index is 1.70. The van der Waals surface area contributed by atoms with E-state index in [0.29, 0.717) is 17.2 Å². The van der Waals surface area contributed by atoms with Gasteiger partial charge in [-0.25, -0.2) is 9.37 Å². The van der Waals surface area contributed by atoms with Gasteiger partial charge in [0.05, 0.1) is 12.8 Å². The van der Waals surface area contributed by atoms with E-state index in [0.717, 1.165) is 42.4 Å². The van der Waals surface area contributed by atoms with E-state index in [9.17, 15) is 4.39 Å². The van der Waals surface area contributed by atoms with Crippen LogP contribution in [-0.4, -0.2) is 34.7 Å². The van der Waals surface area contributed by atoms with Crippen molar-refractivity contribution in [3.8, 4) is 11.4 Å². The van der Waals surface area contributed by atoms with E-state index in [4.69, 9.17) is 21.3 Å². The van der Waals surface area contributed by atoms with Crippen molar-refractivity contribution in [3.05, 3.63) is 76.6 Å². The van der Waals surface area contributed by atoms with Gasteiger partial charge in [-0.2, -0.15) is 0 Å². The quantitative estimate of drug-likeness (QED) is 0.593. The molecule has 1 aliphatic rings. The van der Waals surface area contributed by atoms with E-state index in [1.54, 1.807) is 13.2 Å². The van der Waals surface area contributed by atoms with Crippen LogP contribution in [0.5, 0.6) is 5.75 Å². The highest BCUT2D eigenvalue weighted by Crippen LogP contribution is 2.25. The van der Waals surface area contributed by atoms with Crippen molar-refractivity contribution in [1.82, 2.24) is 14.5 Å². The van der Waals surface area contributed by atoms with Gasteiger partial charge in [0, 0.05) is 35.4 Å². The van der Waals surface area contributed by atoms with Gasteiger partial charge in [-0.15, -0.1) is 0 Å². The average Bonchev–Trinajstić information content (AvgIpc) is 3.33. The van der Waals surface area contributed by atoms with Crippen LogP contribution in [0.25, 0.3) is 5.69 Å². The fourth-order valence-corrected chi connectivity index (χ4v) is 3.85. The molecule has 0 spiro atoms. The van der Waals surface area contributed by atoms with Crippen molar-refractivity contribution in [1.29, 1.82) is 0 Å². The molecule has 4 rings (SSSR count). The number of ether oxygens (including phenoxy) is 1. The number of aromatic nitrogens is 2. The van der Waals surface area contributed by atoms with Gasteiger partial charge >= 0.3 is 0 Å². The Morgan fingerprint density at radius 2 is 1.86 bits per heavy atom. The minimum Gasteiger partial charge on any atom is -0.496 e. The molecule has 0 unspecified atom stereocenters. The minimum absolute atomic E-state index is 0.280. The van der Waals surface area contributed by atoms with E-state index in [1.165, 1.54) is 25.0 Å². The maximum atomic E-state index is 13.8. The molecule has 0 saturated carbocycles. The Kier molecular flexibility index (Phi) is 5.64. The predicted molar refractivity (Wildman–Crippen MR) is 109 cm³/mol. The lowest BCUT2D eigenvalue weighted by atomic mass is 10.1. The van der Waals surface area contributed by atoms with Gasteiger partial charge in [0.2, 0.25) is 0 Å². The average molecular weight is 400 g/mol. The number of methoxy groups -OCH3 is 1. The van der Waals surface area contributed by atoms with Crippen LogP contribution in [0.3, 0.4) is 0 Å². The number of hydrogen-bond donors (Lipinski definition) is 0. The van der Waals surface area contributed by atoms with Crippen LogP contribution in [0.4, 0.5) is 4.39 Å². The van der Waals surface area contributed by atoms with Gasteiger partial charge < -0.3 is 9.30 Å². The third-order valence-electron chi connectivity index (χ3n) is 5.11. The number of likely N-dealkylation sites (tertiary alicyclic amines) is 1. The van der Waals surface area contributed by atoms with Gasteiger partial charge in [0.25, 0.3) is 0 Å². The molecule has 4 nitrogen and oxygen atoms in total. The molecule has 0 atom stereocenters. The summed E-state index contributed by atoms with van der Waals surface area (Å²) < 4.78 is 21.3. The third-order valence-corrected chi connectivity index (χ3v) is 5.36. The lowest BCUT2D eigenvalue weighted by molar-refractivity contribution is 0.327. The number of benzene rings is 2. The second-order valence-corrected chi connectivity index (χ2v) is 7.55. The molecule has 3 aromatic rings. The Bertz CT molecular complexity index is 949. The van der Waals surface area contributed by atoms with E-state index in [-0.39, 0.29) is 5.82 Å². The first-order valence-electron chi connectivity index (χ1n) is 9.50. The molecule has 1 aromatic heterocycles. The monoisotopic (exact) mass is 399 g/mol. The second-order valence-electron chi connectivity index (χ2n) is 7.11. The van der Waals surface area contributed by atoms with Crippen LogP contribution in [0.2, 0.25) is 5.02 Å². The molecule has 6 heteroatoms. The topological polar surface area (TPSA) is 30.3 Å². The molecule has 0 radical (unpaired) electrons. The van der Waals surface area contributed by atoms with Crippen molar-refractivity contribution in [3.63, 3.8) is 0 Å². The first kappa shape index (κ1) is 19.0. The smallest absolute Gasteiger partial charge is 0.123 e. The van der Waals surface area contributed by atoms with E-state index >= 15 is 0 Å². The van der Waals surface area contributed by atoms with Gasteiger partial charge in [-0.1, -0.05) is 11.6 Å². The van der Waals surface area contributed by atoms with Crippen molar-refractivity contribution in [2.45, 2.75) is 25.8 Å². The molecule has 0 aliphatic carbocycles. The molecule has 1 fully saturated rings. The number of rotatable bonds is 6. The lowest BCUT2D eigenvalue weighted by Gasteiger charge is -2.11. The van der Waals surface area contributed by atoms with Crippen LogP contribution in [0.1, 0.15) is 29.9 Å². The minimum atomic E-state index is -0.280. The molecule has 2 heterocycles. The molecule has 0 N–H and O–H groups in total. The summed E-state index contributed by atoms with van der Waals surface area (Å²) >= 11 is 6.05. The predicted octanol–water partition coefficient (Wildman–Crippen LogP) is 4.86. The summed E-state index contributed by atoms with van der Waals surface area (Å²) in [5, 5.41) is 0.689. The summed E-state index contributed by atoms with van der Waals surface area (Å²) in [4.78, 5) is 7.30. The summed E-state index contributed by atoms with van der Waals surface area (Å²) in [5.74, 6) is 1.23. The number of nitrogens with zero attached hydrogens (tertiary/aromatic N) is 3. The molecule has 146 valence electrons. The Hall–Kier alpha value is -2.37. The Morgan fingerprint density at radius 3 is 2.57 bits per heavy atom. The lowest BCUT2D eigenvalue weighted by Crippen LogP contribution is -2.18. The largest absolute Gasteiger partial charge is 0.496 e. The summed E-state index contributed by atoms with van der Waals surface area (Å²) in [6.07, 6.45) is 5.03. The summed E-state index contributed by atoms with van der Waals surface area (Å²) in [7, 11) is 1.60. The highest BCUT2D eigenvalue weighted by atomic mass is 35.5. The van der Waals surface area contributed by atoms with Crippen LogP contribution < -0.4 is 4.74 Å². The van der Waals surface area contributed by atoms with Crippen molar-refractivity contribution >= 4 is 11.6 Å². The van der Waals surface area contributed by atoms with Crippen LogP contribution in [0.15, 0.2) is 48.7 Å².